The van der Waals surface area contributed by atoms with Crippen LogP contribution in [-0.4, -0.2) is 17.5 Å². The molecule has 0 spiro atoms. The van der Waals surface area contributed by atoms with Gasteiger partial charge in [0.1, 0.15) is 5.78 Å². The lowest BCUT2D eigenvalue weighted by Crippen LogP contribution is -2.40. The Hall–Kier alpha value is -0.830. The van der Waals surface area contributed by atoms with Crippen LogP contribution in [0.5, 0.6) is 0 Å². The molecule has 2 unspecified atom stereocenters. The monoisotopic (exact) mass is 323 g/mol. The quantitative estimate of drug-likeness (QED) is 0.693. The molecule has 0 heterocycles. The highest BCUT2D eigenvalue weighted by Gasteiger charge is 2.52. The molecule has 1 rings (SSSR count). The summed E-state index contributed by atoms with van der Waals surface area (Å²) >= 11 is 0. The lowest BCUT2D eigenvalue weighted by Gasteiger charge is -2.35. The first-order valence-corrected chi connectivity index (χ1v) is 9.21. The van der Waals surface area contributed by atoms with Crippen molar-refractivity contribution in [3.05, 3.63) is 11.3 Å². The highest BCUT2D eigenvalue weighted by Crippen LogP contribution is 2.50. The normalized spacial score (nSPS) is 27.6. The Morgan fingerprint density at radius 2 is 1.74 bits per heavy atom. The number of allylic oxidation sites excluding steroid dienone is 1. The minimum absolute atomic E-state index is 0.0398. The molecule has 1 saturated carbocycles. The molecule has 1 aliphatic rings. The van der Waals surface area contributed by atoms with Gasteiger partial charge in [-0.05, 0) is 43.4 Å². The van der Waals surface area contributed by atoms with Crippen LogP contribution in [0.4, 0.5) is 0 Å². The Kier molecular flexibility index (Phi) is 7.31. The number of ketones is 1. The van der Waals surface area contributed by atoms with Gasteiger partial charge >= 0.3 is 0 Å². The number of rotatable bonds is 8. The largest absolute Gasteiger partial charge is 0.875 e. The molecule has 0 bridgehead atoms. The highest BCUT2D eigenvalue weighted by molar-refractivity contribution is 5.94. The average molecular weight is 323 g/mol. The second kappa shape index (κ2) is 8.32. The topological polar surface area (TPSA) is 60.4 Å². The van der Waals surface area contributed by atoms with Gasteiger partial charge < -0.3 is 10.2 Å². The van der Waals surface area contributed by atoms with Gasteiger partial charge in [0.05, 0.1) is 12.0 Å². The second-order valence-corrected chi connectivity index (χ2v) is 8.35. The molecule has 0 aromatic heterocycles. The van der Waals surface area contributed by atoms with Gasteiger partial charge in [-0.25, -0.2) is 0 Å². The van der Waals surface area contributed by atoms with Crippen LogP contribution < -0.4 is 5.11 Å². The molecule has 0 amide bonds. The summed E-state index contributed by atoms with van der Waals surface area (Å²) in [4.78, 5) is 13.0. The number of Topliss-reactive ketones (excluding diaryl/α,β-unsaturated/α-hetero) is 1. The first-order valence-electron chi connectivity index (χ1n) is 9.21. The molecular weight excluding hydrogens is 288 g/mol. The first-order chi connectivity index (χ1) is 10.7. The molecule has 3 heteroatoms. The summed E-state index contributed by atoms with van der Waals surface area (Å²) in [6.07, 6.45) is 3.70. The van der Waals surface area contributed by atoms with E-state index in [0.29, 0.717) is 30.3 Å². The molecule has 2 atom stereocenters. The first kappa shape index (κ1) is 20.2. The zero-order valence-corrected chi connectivity index (χ0v) is 15.8. The lowest BCUT2D eigenvalue weighted by molar-refractivity contribution is -0.310. The van der Waals surface area contributed by atoms with Crippen LogP contribution in [-0.2, 0) is 4.79 Å². The predicted octanol–water partition coefficient (Wildman–Crippen LogP) is 3.70. The van der Waals surface area contributed by atoms with Gasteiger partial charge in [0.2, 0.25) is 0 Å². The Morgan fingerprint density at radius 3 is 2.17 bits per heavy atom. The summed E-state index contributed by atoms with van der Waals surface area (Å²) in [5.74, 6) is 1.08. The second-order valence-electron chi connectivity index (χ2n) is 8.35. The maximum Gasteiger partial charge on any atom is 0.148 e. The maximum atomic E-state index is 13.0. The van der Waals surface area contributed by atoms with E-state index in [1.807, 2.05) is 13.8 Å². The van der Waals surface area contributed by atoms with Crippen molar-refractivity contribution in [2.75, 3.05) is 6.61 Å². The summed E-state index contributed by atoms with van der Waals surface area (Å²) in [5.41, 5.74) is -0.232. The van der Waals surface area contributed by atoms with E-state index in [-0.39, 0.29) is 30.0 Å². The van der Waals surface area contributed by atoms with Crippen LogP contribution in [0.1, 0.15) is 73.6 Å². The van der Waals surface area contributed by atoms with Gasteiger partial charge in [0.15, 0.2) is 0 Å². The zero-order valence-electron chi connectivity index (χ0n) is 15.8. The molecule has 1 aliphatic carbocycles. The summed E-state index contributed by atoms with van der Waals surface area (Å²) < 4.78 is 0. The van der Waals surface area contributed by atoms with Crippen molar-refractivity contribution in [3.63, 3.8) is 0 Å². The Morgan fingerprint density at radius 1 is 1.17 bits per heavy atom. The van der Waals surface area contributed by atoms with Crippen molar-refractivity contribution >= 4 is 5.78 Å². The number of aliphatic hydroxyl groups is 1. The minimum atomic E-state index is -0.935. The van der Waals surface area contributed by atoms with Crippen molar-refractivity contribution in [2.24, 2.45) is 29.1 Å². The molecular formula is C20H35O3-. The van der Waals surface area contributed by atoms with E-state index in [4.69, 9.17) is 0 Å². The Labute approximate surface area is 142 Å². The van der Waals surface area contributed by atoms with E-state index in [1.54, 1.807) is 0 Å². The summed E-state index contributed by atoms with van der Waals surface area (Å²) in [5, 5.41) is 22.8. The van der Waals surface area contributed by atoms with Gasteiger partial charge in [-0.3, -0.25) is 4.79 Å². The molecule has 1 N–H and O–H groups in total. The fourth-order valence-corrected chi connectivity index (χ4v) is 3.72. The SMILES string of the molecule is CC(C)CCC([O-])=C1CC(CCC(C)C)C(=O)C1(CO)C(C)C. The van der Waals surface area contributed by atoms with E-state index in [1.165, 1.54) is 0 Å². The van der Waals surface area contributed by atoms with Crippen LogP contribution in [0.15, 0.2) is 11.3 Å². The van der Waals surface area contributed by atoms with E-state index >= 15 is 0 Å². The number of carbonyl (C=O) groups excluding carboxylic acids is 1. The Balaban J connectivity index is 3.14. The Bertz CT molecular complexity index is 434. The standard InChI is InChI=1S/C20H36O3/c1-13(2)7-9-16-11-17(18(22)10-8-14(3)4)20(12-21,15(5)6)19(16)23/h13-16,21-22H,7-12H2,1-6H3/p-1. The number of aliphatic hydroxyl groups excluding tert-OH is 1. The predicted molar refractivity (Wildman–Crippen MR) is 92.6 cm³/mol. The van der Waals surface area contributed by atoms with Crippen LogP contribution in [0.3, 0.4) is 0 Å². The van der Waals surface area contributed by atoms with Gasteiger partial charge in [-0.15, -0.1) is 5.76 Å². The van der Waals surface area contributed by atoms with Crippen LogP contribution in [0.2, 0.25) is 0 Å². The number of carbonyl (C=O) groups is 1. The zero-order chi connectivity index (χ0) is 17.8. The smallest absolute Gasteiger partial charge is 0.148 e. The number of hydrogen-bond acceptors (Lipinski definition) is 3. The van der Waals surface area contributed by atoms with Crippen LogP contribution in [0.25, 0.3) is 0 Å². The average Bonchev–Trinajstić information content (AvgIpc) is 2.76. The van der Waals surface area contributed by atoms with E-state index in [0.717, 1.165) is 19.3 Å². The molecule has 23 heavy (non-hydrogen) atoms. The van der Waals surface area contributed by atoms with Gasteiger partial charge in [0.25, 0.3) is 0 Å². The third-order valence-corrected chi connectivity index (χ3v) is 5.41. The highest BCUT2D eigenvalue weighted by atomic mass is 16.3. The molecule has 3 nitrogen and oxygen atoms in total. The van der Waals surface area contributed by atoms with E-state index < -0.39 is 5.41 Å². The third kappa shape index (κ3) is 4.37. The van der Waals surface area contributed by atoms with Crippen LogP contribution >= 0.6 is 0 Å². The molecule has 0 aliphatic heterocycles. The van der Waals surface area contributed by atoms with Gasteiger partial charge in [0, 0.05) is 5.92 Å². The van der Waals surface area contributed by atoms with Crippen molar-refractivity contribution in [2.45, 2.75) is 73.6 Å². The minimum Gasteiger partial charge on any atom is -0.875 e. The molecule has 0 radical (unpaired) electrons. The molecule has 0 aromatic rings. The maximum absolute atomic E-state index is 13.0. The fraction of sp³-hybridized carbons (Fsp3) is 0.850. The van der Waals surface area contributed by atoms with Crippen molar-refractivity contribution < 1.29 is 15.0 Å². The van der Waals surface area contributed by atoms with Crippen molar-refractivity contribution in [1.82, 2.24) is 0 Å². The van der Waals surface area contributed by atoms with Gasteiger partial charge in [-0.1, -0.05) is 53.5 Å². The van der Waals surface area contributed by atoms with Crippen molar-refractivity contribution in [1.29, 1.82) is 0 Å². The van der Waals surface area contributed by atoms with E-state index in [9.17, 15) is 15.0 Å². The molecule has 0 saturated heterocycles. The third-order valence-electron chi connectivity index (χ3n) is 5.41. The van der Waals surface area contributed by atoms with Crippen molar-refractivity contribution in [3.8, 4) is 0 Å². The van der Waals surface area contributed by atoms with Crippen LogP contribution in [0, 0.1) is 29.1 Å². The molecule has 0 aromatic carbocycles. The van der Waals surface area contributed by atoms with Gasteiger partial charge in [-0.2, -0.15) is 0 Å². The number of hydrogen-bond donors (Lipinski definition) is 1. The summed E-state index contributed by atoms with van der Waals surface area (Å²) in [6, 6.07) is 0. The molecule has 134 valence electrons. The summed E-state index contributed by atoms with van der Waals surface area (Å²) in [7, 11) is 0. The molecule has 1 fully saturated rings. The fourth-order valence-electron chi connectivity index (χ4n) is 3.72. The van der Waals surface area contributed by atoms with E-state index in [2.05, 4.69) is 27.7 Å². The summed E-state index contributed by atoms with van der Waals surface area (Å²) in [6.45, 7) is 12.2. The lowest BCUT2D eigenvalue weighted by atomic mass is 9.71.